The molecular weight excluding hydrogens is 451 g/mol. The van der Waals surface area contributed by atoms with Gasteiger partial charge >= 0.3 is 0 Å². The zero-order chi connectivity index (χ0) is 18.4. The van der Waals surface area contributed by atoms with Gasteiger partial charge in [0.15, 0.2) is 5.96 Å². The summed E-state index contributed by atoms with van der Waals surface area (Å²) >= 11 is 0. The number of likely N-dealkylation sites (N-methyl/N-ethyl adjacent to an activating group) is 1. The molecule has 0 aromatic carbocycles. The fourth-order valence-electron chi connectivity index (χ4n) is 4.70. The molecule has 1 saturated carbocycles. The third-order valence-corrected chi connectivity index (χ3v) is 6.41. The van der Waals surface area contributed by atoms with Crippen LogP contribution in [0.3, 0.4) is 0 Å². The molecule has 0 bridgehead atoms. The fourth-order valence-corrected chi connectivity index (χ4v) is 4.70. The van der Waals surface area contributed by atoms with Crippen LogP contribution in [-0.2, 0) is 0 Å². The summed E-state index contributed by atoms with van der Waals surface area (Å²) in [4.78, 5) is 12.2. The molecule has 1 aliphatic carbocycles. The number of rotatable bonds is 6. The summed E-state index contributed by atoms with van der Waals surface area (Å²) in [5, 5.41) is 7.22. The Morgan fingerprint density at radius 1 is 1.07 bits per heavy atom. The van der Waals surface area contributed by atoms with Crippen LogP contribution in [0.4, 0.5) is 0 Å². The van der Waals surface area contributed by atoms with Crippen molar-refractivity contribution in [2.24, 2.45) is 10.9 Å². The summed E-state index contributed by atoms with van der Waals surface area (Å²) in [7, 11) is 4.11. The van der Waals surface area contributed by atoms with Crippen LogP contribution < -0.4 is 10.6 Å². The number of halogens is 1. The van der Waals surface area contributed by atoms with E-state index in [1.807, 2.05) is 7.05 Å². The molecule has 0 amide bonds. The lowest BCUT2D eigenvalue weighted by molar-refractivity contribution is 0.139. The number of nitrogens with one attached hydrogen (secondary N) is 2. The summed E-state index contributed by atoms with van der Waals surface area (Å²) in [6, 6.07) is 1.40. The molecular formula is C20H41IN6. The molecule has 0 spiro atoms. The molecule has 0 aromatic heterocycles. The molecule has 0 radical (unpaired) electrons. The van der Waals surface area contributed by atoms with Crippen LogP contribution in [0.2, 0.25) is 0 Å². The minimum Gasteiger partial charge on any atom is -0.356 e. The van der Waals surface area contributed by atoms with E-state index in [-0.39, 0.29) is 24.0 Å². The van der Waals surface area contributed by atoms with Gasteiger partial charge in [0, 0.05) is 71.5 Å². The average molecular weight is 492 g/mol. The van der Waals surface area contributed by atoms with Crippen LogP contribution in [-0.4, -0.2) is 99.2 Å². The van der Waals surface area contributed by atoms with E-state index >= 15 is 0 Å². The molecule has 6 nitrogen and oxygen atoms in total. The van der Waals surface area contributed by atoms with Gasteiger partial charge < -0.3 is 20.4 Å². The van der Waals surface area contributed by atoms with Gasteiger partial charge in [0.05, 0.1) is 0 Å². The quantitative estimate of drug-likeness (QED) is 0.336. The second kappa shape index (κ2) is 11.8. The highest BCUT2D eigenvalue weighted by Crippen LogP contribution is 2.26. The molecule has 3 fully saturated rings. The van der Waals surface area contributed by atoms with Crippen molar-refractivity contribution in [3.05, 3.63) is 0 Å². The Kier molecular flexibility index (Phi) is 10.1. The van der Waals surface area contributed by atoms with Crippen molar-refractivity contribution < 1.29 is 0 Å². The van der Waals surface area contributed by atoms with Gasteiger partial charge in [-0.1, -0.05) is 19.8 Å². The van der Waals surface area contributed by atoms with Crippen molar-refractivity contribution >= 4 is 29.9 Å². The van der Waals surface area contributed by atoms with E-state index in [2.05, 4.69) is 44.3 Å². The fraction of sp³-hybridized carbons (Fsp3) is 0.950. The highest BCUT2D eigenvalue weighted by atomic mass is 127. The summed E-state index contributed by atoms with van der Waals surface area (Å²) < 4.78 is 0. The second-order valence-corrected chi connectivity index (χ2v) is 8.73. The molecule has 2 heterocycles. The number of nitrogens with zero attached hydrogens (tertiary/aromatic N) is 4. The normalized spacial score (nSPS) is 27.5. The van der Waals surface area contributed by atoms with Gasteiger partial charge in [-0.25, -0.2) is 0 Å². The third-order valence-electron chi connectivity index (χ3n) is 6.41. The predicted molar refractivity (Wildman–Crippen MR) is 125 cm³/mol. The first-order chi connectivity index (χ1) is 12.6. The summed E-state index contributed by atoms with van der Waals surface area (Å²) in [5.41, 5.74) is 0. The Morgan fingerprint density at radius 2 is 1.78 bits per heavy atom. The Labute approximate surface area is 183 Å². The number of likely N-dealkylation sites (tertiary alicyclic amines) is 1. The van der Waals surface area contributed by atoms with Gasteiger partial charge in [-0.2, -0.15) is 0 Å². The van der Waals surface area contributed by atoms with Gasteiger partial charge in [-0.05, 0) is 32.2 Å². The Balaban J connectivity index is 0.00000261. The van der Waals surface area contributed by atoms with E-state index in [0.29, 0.717) is 12.0 Å². The van der Waals surface area contributed by atoms with Gasteiger partial charge in [0.25, 0.3) is 0 Å². The lowest BCUT2D eigenvalue weighted by Gasteiger charge is -2.34. The smallest absolute Gasteiger partial charge is 0.191 e. The van der Waals surface area contributed by atoms with Gasteiger partial charge in [-0.15, -0.1) is 24.0 Å². The number of guanidine groups is 1. The van der Waals surface area contributed by atoms with Gasteiger partial charge in [0.2, 0.25) is 0 Å². The molecule has 2 aliphatic heterocycles. The van der Waals surface area contributed by atoms with Crippen LogP contribution >= 0.6 is 24.0 Å². The molecule has 0 aromatic rings. The molecule has 27 heavy (non-hydrogen) atoms. The molecule has 2 atom stereocenters. The van der Waals surface area contributed by atoms with E-state index in [0.717, 1.165) is 18.5 Å². The number of hydrogen-bond acceptors (Lipinski definition) is 4. The Hall–Kier alpha value is -0.120. The first-order valence-corrected chi connectivity index (χ1v) is 10.8. The molecule has 2 N–H and O–H groups in total. The van der Waals surface area contributed by atoms with E-state index in [4.69, 9.17) is 0 Å². The number of piperazine rings is 1. The zero-order valence-electron chi connectivity index (χ0n) is 17.6. The number of aliphatic imine (C=N–C) groups is 1. The van der Waals surface area contributed by atoms with Crippen molar-refractivity contribution in [3.8, 4) is 0 Å². The van der Waals surface area contributed by atoms with Gasteiger partial charge in [0.1, 0.15) is 0 Å². The molecule has 7 heteroatoms. The number of hydrogen-bond donors (Lipinski definition) is 2. The van der Waals surface area contributed by atoms with E-state index in [1.54, 1.807) is 0 Å². The maximum atomic E-state index is 4.46. The topological polar surface area (TPSA) is 46.1 Å². The zero-order valence-corrected chi connectivity index (χ0v) is 20.0. The Morgan fingerprint density at radius 3 is 2.44 bits per heavy atom. The van der Waals surface area contributed by atoms with Crippen molar-refractivity contribution in [2.45, 2.75) is 51.1 Å². The highest BCUT2D eigenvalue weighted by Gasteiger charge is 2.30. The molecule has 158 valence electrons. The first kappa shape index (κ1) is 23.2. The summed E-state index contributed by atoms with van der Waals surface area (Å²) in [6.45, 7) is 11.7. The molecule has 2 unspecified atom stereocenters. The van der Waals surface area contributed by atoms with E-state index in [9.17, 15) is 0 Å². The largest absolute Gasteiger partial charge is 0.356 e. The minimum absolute atomic E-state index is 0. The first-order valence-electron chi connectivity index (χ1n) is 10.8. The lowest BCUT2D eigenvalue weighted by Crippen LogP contribution is -2.49. The van der Waals surface area contributed by atoms with E-state index < -0.39 is 0 Å². The maximum absolute atomic E-state index is 4.46. The summed E-state index contributed by atoms with van der Waals surface area (Å²) in [5.74, 6) is 1.61. The van der Waals surface area contributed by atoms with Crippen LogP contribution in [0.15, 0.2) is 4.99 Å². The maximum Gasteiger partial charge on any atom is 0.191 e. The summed E-state index contributed by atoms with van der Waals surface area (Å²) in [6.07, 6.45) is 6.91. The van der Waals surface area contributed by atoms with Crippen molar-refractivity contribution in [1.29, 1.82) is 0 Å². The molecule has 3 aliphatic rings. The molecule has 2 saturated heterocycles. The van der Waals surface area contributed by atoms with Crippen molar-refractivity contribution in [2.75, 3.05) is 66.5 Å². The second-order valence-electron chi connectivity index (χ2n) is 8.73. The molecule has 3 rings (SSSR count). The van der Waals surface area contributed by atoms with Crippen LogP contribution in [0.5, 0.6) is 0 Å². The van der Waals surface area contributed by atoms with Crippen LogP contribution in [0, 0.1) is 5.92 Å². The van der Waals surface area contributed by atoms with Crippen molar-refractivity contribution in [3.63, 3.8) is 0 Å². The van der Waals surface area contributed by atoms with Gasteiger partial charge in [-0.3, -0.25) is 9.89 Å². The predicted octanol–water partition coefficient (Wildman–Crippen LogP) is 1.67. The lowest BCUT2D eigenvalue weighted by atomic mass is 10.1. The highest BCUT2D eigenvalue weighted by molar-refractivity contribution is 14.0. The standard InChI is InChI=1S/C20H40N6.HI/c1-17(15-25-12-10-24(3)11-13-25)14-22-20(21-2)23-18-8-9-26(16-18)19-6-4-5-7-19;/h17-19H,4-16H2,1-3H3,(H2,21,22,23);1H. The minimum atomic E-state index is 0. The van der Waals surface area contributed by atoms with Crippen LogP contribution in [0.1, 0.15) is 39.0 Å². The monoisotopic (exact) mass is 492 g/mol. The SMILES string of the molecule is CN=C(NCC(C)CN1CCN(C)CC1)NC1CCN(C2CCCC2)C1.I. The van der Waals surface area contributed by atoms with E-state index in [1.165, 1.54) is 77.9 Å². The average Bonchev–Trinajstić information content (AvgIpc) is 3.32. The Bertz CT molecular complexity index is 446. The van der Waals surface area contributed by atoms with Crippen LogP contribution in [0.25, 0.3) is 0 Å². The van der Waals surface area contributed by atoms with Crippen molar-refractivity contribution in [1.82, 2.24) is 25.3 Å². The third kappa shape index (κ3) is 7.33.